The third kappa shape index (κ3) is 2.17. The third-order valence-corrected chi connectivity index (χ3v) is 3.92. The second kappa shape index (κ2) is 4.54. The molecule has 0 atom stereocenters. The second-order valence-corrected chi connectivity index (χ2v) is 5.08. The average Bonchev–Trinajstić information content (AvgIpc) is 2.73. The molecule has 3 N–H and O–H groups in total. The van der Waals surface area contributed by atoms with E-state index in [2.05, 4.69) is 4.98 Å². The lowest BCUT2D eigenvalue weighted by molar-refractivity contribution is 0.0693. The molecule has 16 heavy (non-hydrogen) atoms. The number of rotatable bonds is 3. The molecule has 0 aliphatic heterocycles. The predicted octanol–water partition coefficient (Wildman–Crippen LogP) is 2.57. The van der Waals surface area contributed by atoms with Crippen molar-refractivity contribution < 1.29 is 9.90 Å². The van der Waals surface area contributed by atoms with Crippen LogP contribution in [0.5, 0.6) is 0 Å². The number of hydrogen-bond acceptors (Lipinski definition) is 5. The summed E-state index contributed by atoms with van der Waals surface area (Å²) in [4.78, 5) is 15.6. The smallest absolute Gasteiger partial charge is 0.336 e. The molecular formula is C10H8N2O2S2. The first kappa shape index (κ1) is 11.0. The molecule has 4 nitrogen and oxygen atoms in total. The van der Waals surface area contributed by atoms with Crippen molar-refractivity contribution in [3.63, 3.8) is 0 Å². The van der Waals surface area contributed by atoms with E-state index in [-0.39, 0.29) is 5.56 Å². The van der Waals surface area contributed by atoms with Gasteiger partial charge >= 0.3 is 5.97 Å². The Hall–Kier alpha value is -1.53. The molecule has 0 bridgehead atoms. The lowest BCUT2D eigenvalue weighted by atomic mass is 10.2. The molecule has 1 aromatic carbocycles. The fourth-order valence-corrected chi connectivity index (χ4v) is 2.89. The topological polar surface area (TPSA) is 76.2 Å². The molecule has 0 radical (unpaired) electrons. The quantitative estimate of drug-likeness (QED) is 0.821. The van der Waals surface area contributed by atoms with Crippen molar-refractivity contribution in [2.24, 2.45) is 0 Å². The Morgan fingerprint density at radius 1 is 1.50 bits per heavy atom. The fraction of sp³-hybridized carbons (Fsp3) is 0. The molecule has 0 aliphatic carbocycles. The van der Waals surface area contributed by atoms with Gasteiger partial charge in [0.25, 0.3) is 0 Å². The molecule has 6 heteroatoms. The number of benzene rings is 1. The Kier molecular flexibility index (Phi) is 3.12. The van der Waals surface area contributed by atoms with Gasteiger partial charge in [-0.1, -0.05) is 17.8 Å². The van der Waals surface area contributed by atoms with E-state index >= 15 is 0 Å². The van der Waals surface area contributed by atoms with Crippen molar-refractivity contribution >= 4 is 34.8 Å². The first-order valence-electron chi connectivity index (χ1n) is 4.37. The molecule has 0 saturated carbocycles. The van der Waals surface area contributed by atoms with Gasteiger partial charge in [0.1, 0.15) is 0 Å². The van der Waals surface area contributed by atoms with Gasteiger partial charge in [0.15, 0.2) is 4.34 Å². The Morgan fingerprint density at radius 3 is 2.94 bits per heavy atom. The third-order valence-electron chi connectivity index (χ3n) is 1.87. The summed E-state index contributed by atoms with van der Waals surface area (Å²) < 4.78 is 0.778. The molecule has 0 amide bonds. The van der Waals surface area contributed by atoms with Crippen molar-refractivity contribution in [2.45, 2.75) is 9.24 Å². The molecule has 0 saturated heterocycles. The Morgan fingerprint density at radius 2 is 2.31 bits per heavy atom. The van der Waals surface area contributed by atoms with E-state index in [0.717, 1.165) is 4.34 Å². The van der Waals surface area contributed by atoms with Crippen LogP contribution in [0.1, 0.15) is 10.4 Å². The average molecular weight is 252 g/mol. The van der Waals surface area contributed by atoms with E-state index in [0.29, 0.717) is 10.6 Å². The van der Waals surface area contributed by atoms with Gasteiger partial charge in [0.05, 0.1) is 10.5 Å². The highest BCUT2D eigenvalue weighted by atomic mass is 32.2. The minimum absolute atomic E-state index is 0.209. The van der Waals surface area contributed by atoms with Crippen LogP contribution in [0.4, 0.5) is 5.69 Å². The zero-order chi connectivity index (χ0) is 11.5. The van der Waals surface area contributed by atoms with Crippen molar-refractivity contribution in [3.8, 4) is 0 Å². The highest BCUT2D eigenvalue weighted by molar-refractivity contribution is 8.01. The molecule has 2 rings (SSSR count). The SMILES string of the molecule is Nc1cccc(C(=O)O)c1Sc1nccs1. The summed E-state index contributed by atoms with van der Waals surface area (Å²) in [7, 11) is 0. The van der Waals surface area contributed by atoms with Gasteiger partial charge in [-0.25, -0.2) is 9.78 Å². The largest absolute Gasteiger partial charge is 0.478 e. The van der Waals surface area contributed by atoms with Crippen LogP contribution in [-0.2, 0) is 0 Å². The molecule has 1 aromatic heterocycles. The number of carboxylic acid groups (broad SMARTS) is 1. The minimum atomic E-state index is -0.980. The first-order chi connectivity index (χ1) is 7.68. The van der Waals surface area contributed by atoms with Crippen LogP contribution < -0.4 is 5.73 Å². The standard InChI is InChI=1S/C10H8N2O2S2/c11-7-3-1-2-6(9(13)14)8(7)16-10-12-4-5-15-10/h1-5H,11H2,(H,13,14). The van der Waals surface area contributed by atoms with Crippen LogP contribution in [0, 0.1) is 0 Å². The lowest BCUT2D eigenvalue weighted by Gasteiger charge is -2.06. The number of thiazole rings is 1. The summed E-state index contributed by atoms with van der Waals surface area (Å²) in [5.41, 5.74) is 6.44. The van der Waals surface area contributed by atoms with Crippen LogP contribution in [0.2, 0.25) is 0 Å². The van der Waals surface area contributed by atoms with Crippen molar-refractivity contribution in [1.29, 1.82) is 0 Å². The molecular weight excluding hydrogens is 244 g/mol. The fourth-order valence-electron chi connectivity index (χ4n) is 1.19. The van der Waals surface area contributed by atoms with E-state index in [9.17, 15) is 4.79 Å². The number of nitrogens with two attached hydrogens (primary N) is 1. The second-order valence-electron chi connectivity index (χ2n) is 2.93. The van der Waals surface area contributed by atoms with E-state index in [1.165, 1.54) is 29.2 Å². The number of nitrogens with zero attached hydrogens (tertiary/aromatic N) is 1. The summed E-state index contributed by atoms with van der Waals surface area (Å²) in [6.45, 7) is 0. The molecule has 0 fully saturated rings. The normalized spacial score (nSPS) is 10.2. The molecule has 0 aliphatic rings. The van der Waals surface area contributed by atoms with E-state index in [1.807, 2.05) is 5.38 Å². The Labute approximate surface area is 100 Å². The van der Waals surface area contributed by atoms with Gasteiger partial charge in [-0.15, -0.1) is 11.3 Å². The molecule has 0 spiro atoms. The molecule has 2 aromatic rings. The number of carbonyl (C=O) groups is 1. The first-order valence-corrected chi connectivity index (χ1v) is 6.07. The number of aromatic carboxylic acids is 1. The number of nitrogen functional groups attached to an aromatic ring is 1. The van der Waals surface area contributed by atoms with Crippen LogP contribution >= 0.6 is 23.1 Å². The maximum absolute atomic E-state index is 11.0. The van der Waals surface area contributed by atoms with Gasteiger partial charge < -0.3 is 10.8 Å². The minimum Gasteiger partial charge on any atom is -0.478 e. The van der Waals surface area contributed by atoms with Gasteiger partial charge in [0, 0.05) is 17.3 Å². The van der Waals surface area contributed by atoms with Gasteiger partial charge in [0.2, 0.25) is 0 Å². The molecule has 1 heterocycles. The van der Waals surface area contributed by atoms with Crippen LogP contribution in [0.3, 0.4) is 0 Å². The summed E-state index contributed by atoms with van der Waals surface area (Å²) in [5, 5.41) is 10.9. The number of hydrogen-bond donors (Lipinski definition) is 2. The number of aromatic nitrogens is 1. The summed E-state index contributed by atoms with van der Waals surface area (Å²) in [6, 6.07) is 4.85. The van der Waals surface area contributed by atoms with Crippen molar-refractivity contribution in [1.82, 2.24) is 4.98 Å². The van der Waals surface area contributed by atoms with Crippen LogP contribution in [0.25, 0.3) is 0 Å². The van der Waals surface area contributed by atoms with Crippen LogP contribution in [0.15, 0.2) is 39.0 Å². The lowest BCUT2D eigenvalue weighted by Crippen LogP contribution is -2.01. The Balaban J connectivity index is 2.42. The molecule has 0 unspecified atom stereocenters. The highest BCUT2D eigenvalue weighted by Crippen LogP contribution is 2.35. The zero-order valence-electron chi connectivity index (χ0n) is 8.08. The van der Waals surface area contributed by atoms with Gasteiger partial charge in [-0.3, -0.25) is 0 Å². The van der Waals surface area contributed by atoms with E-state index in [4.69, 9.17) is 10.8 Å². The van der Waals surface area contributed by atoms with Crippen molar-refractivity contribution in [3.05, 3.63) is 35.3 Å². The molecule has 82 valence electrons. The van der Waals surface area contributed by atoms with E-state index in [1.54, 1.807) is 18.3 Å². The number of carboxylic acids is 1. The van der Waals surface area contributed by atoms with Gasteiger partial charge in [-0.2, -0.15) is 0 Å². The Bertz CT molecular complexity index is 512. The summed E-state index contributed by atoms with van der Waals surface area (Å²) in [5.74, 6) is -0.980. The maximum Gasteiger partial charge on any atom is 0.336 e. The van der Waals surface area contributed by atoms with Crippen LogP contribution in [-0.4, -0.2) is 16.1 Å². The number of anilines is 1. The maximum atomic E-state index is 11.0. The highest BCUT2D eigenvalue weighted by Gasteiger charge is 2.14. The van der Waals surface area contributed by atoms with E-state index < -0.39 is 5.97 Å². The summed E-state index contributed by atoms with van der Waals surface area (Å²) in [6.07, 6.45) is 1.67. The monoisotopic (exact) mass is 252 g/mol. The van der Waals surface area contributed by atoms with Crippen molar-refractivity contribution in [2.75, 3.05) is 5.73 Å². The predicted molar refractivity (Wildman–Crippen MR) is 64.1 cm³/mol. The van der Waals surface area contributed by atoms with Gasteiger partial charge in [-0.05, 0) is 12.1 Å². The summed E-state index contributed by atoms with van der Waals surface area (Å²) >= 11 is 2.73. The zero-order valence-corrected chi connectivity index (χ0v) is 9.72.